The van der Waals surface area contributed by atoms with Gasteiger partial charge in [0.05, 0.1) is 12.8 Å². The molecule has 1 aliphatic rings. The van der Waals surface area contributed by atoms with Crippen molar-refractivity contribution in [2.75, 3.05) is 6.54 Å². The third kappa shape index (κ3) is 2.60. The lowest BCUT2D eigenvalue weighted by Crippen LogP contribution is -2.25. The smallest absolute Gasteiger partial charge is 0.124 e. The molecule has 19 heavy (non-hydrogen) atoms. The van der Waals surface area contributed by atoms with Gasteiger partial charge in [0.2, 0.25) is 0 Å². The second kappa shape index (κ2) is 5.14. The van der Waals surface area contributed by atoms with Crippen molar-refractivity contribution in [2.45, 2.75) is 13.0 Å². The van der Waals surface area contributed by atoms with E-state index in [0.717, 1.165) is 25.1 Å². The minimum Gasteiger partial charge on any atom is -0.507 e. The van der Waals surface area contributed by atoms with Crippen LogP contribution < -0.4 is 0 Å². The molecular weight excluding hydrogens is 236 g/mol. The van der Waals surface area contributed by atoms with E-state index in [1.54, 1.807) is 12.3 Å². The van der Waals surface area contributed by atoms with E-state index < -0.39 is 0 Å². The van der Waals surface area contributed by atoms with Gasteiger partial charge in [-0.25, -0.2) is 0 Å². The van der Waals surface area contributed by atoms with Crippen LogP contribution >= 0.6 is 0 Å². The van der Waals surface area contributed by atoms with Gasteiger partial charge in [0, 0.05) is 12.1 Å². The third-order valence-corrected chi connectivity index (χ3v) is 3.41. The zero-order valence-electron chi connectivity index (χ0n) is 10.7. The first-order chi connectivity index (χ1) is 9.33. The van der Waals surface area contributed by atoms with E-state index in [0.29, 0.717) is 0 Å². The molecule has 0 saturated heterocycles. The number of aromatic hydroxyl groups is 1. The molecule has 3 nitrogen and oxygen atoms in total. The Labute approximate surface area is 112 Å². The van der Waals surface area contributed by atoms with Crippen LogP contribution in [0.5, 0.6) is 5.75 Å². The second-order valence-electron chi connectivity index (χ2n) is 4.71. The van der Waals surface area contributed by atoms with Gasteiger partial charge in [-0.2, -0.15) is 5.10 Å². The van der Waals surface area contributed by atoms with Gasteiger partial charge in [-0.15, -0.1) is 0 Å². The minimum absolute atomic E-state index is 0.267. The minimum atomic E-state index is 0.267. The van der Waals surface area contributed by atoms with Crippen molar-refractivity contribution in [3.63, 3.8) is 0 Å². The molecule has 0 bridgehead atoms. The van der Waals surface area contributed by atoms with E-state index in [1.165, 1.54) is 11.1 Å². The molecule has 1 heterocycles. The highest BCUT2D eigenvalue weighted by Crippen LogP contribution is 2.19. The van der Waals surface area contributed by atoms with Crippen molar-refractivity contribution in [3.05, 3.63) is 65.2 Å². The molecule has 0 saturated carbocycles. The second-order valence-corrected chi connectivity index (χ2v) is 4.71. The van der Waals surface area contributed by atoms with E-state index in [2.05, 4.69) is 29.4 Å². The molecular formula is C16H16N2O. The maximum atomic E-state index is 9.69. The molecule has 0 fully saturated rings. The Balaban J connectivity index is 1.74. The standard InChI is InChI=1S/C16H16N2O/c19-16-8-4-3-6-14(16)11-17-18-10-9-13-5-1-2-7-15(13)12-18/h1-8,11,19H,9-10,12H2/b17-11+. The van der Waals surface area contributed by atoms with Gasteiger partial charge in [0.1, 0.15) is 5.75 Å². The quantitative estimate of drug-likeness (QED) is 0.834. The molecule has 2 aromatic rings. The zero-order valence-corrected chi connectivity index (χ0v) is 10.7. The molecule has 0 amide bonds. The van der Waals surface area contributed by atoms with E-state index in [4.69, 9.17) is 0 Å². The number of nitrogens with zero attached hydrogens (tertiary/aromatic N) is 2. The molecule has 0 spiro atoms. The summed E-state index contributed by atoms with van der Waals surface area (Å²) in [4.78, 5) is 0. The van der Waals surface area contributed by atoms with Gasteiger partial charge in [0.15, 0.2) is 0 Å². The van der Waals surface area contributed by atoms with E-state index in [-0.39, 0.29) is 5.75 Å². The summed E-state index contributed by atoms with van der Waals surface area (Å²) in [6.07, 6.45) is 2.75. The maximum Gasteiger partial charge on any atom is 0.124 e. The lowest BCUT2D eigenvalue weighted by molar-refractivity contribution is 0.269. The van der Waals surface area contributed by atoms with Crippen molar-refractivity contribution < 1.29 is 5.11 Å². The van der Waals surface area contributed by atoms with Crippen LogP contribution in [0.1, 0.15) is 16.7 Å². The SMILES string of the molecule is Oc1ccccc1/C=N/N1CCc2ccccc2C1. The molecule has 0 aliphatic carbocycles. The van der Waals surface area contributed by atoms with Crippen LogP contribution in [-0.2, 0) is 13.0 Å². The van der Waals surface area contributed by atoms with Crippen LogP contribution in [0, 0.1) is 0 Å². The fourth-order valence-corrected chi connectivity index (χ4v) is 2.32. The summed E-state index contributed by atoms with van der Waals surface area (Å²) < 4.78 is 0. The highest BCUT2D eigenvalue weighted by molar-refractivity contribution is 5.82. The third-order valence-electron chi connectivity index (χ3n) is 3.41. The Morgan fingerprint density at radius 3 is 2.58 bits per heavy atom. The average molecular weight is 252 g/mol. The lowest BCUT2D eigenvalue weighted by Gasteiger charge is -2.26. The van der Waals surface area contributed by atoms with E-state index >= 15 is 0 Å². The number of phenols is 1. The Bertz CT molecular complexity index is 607. The summed E-state index contributed by atoms with van der Waals surface area (Å²) in [5.41, 5.74) is 3.50. The first-order valence-corrected chi connectivity index (χ1v) is 6.46. The number of hydrogen-bond donors (Lipinski definition) is 1. The fraction of sp³-hybridized carbons (Fsp3) is 0.188. The van der Waals surface area contributed by atoms with Crippen LogP contribution in [0.15, 0.2) is 53.6 Å². The van der Waals surface area contributed by atoms with Gasteiger partial charge < -0.3 is 5.11 Å². The van der Waals surface area contributed by atoms with Crippen LogP contribution in [0.2, 0.25) is 0 Å². The molecule has 1 N–H and O–H groups in total. The van der Waals surface area contributed by atoms with Crippen molar-refractivity contribution in [2.24, 2.45) is 5.10 Å². The molecule has 3 heteroatoms. The highest BCUT2D eigenvalue weighted by Gasteiger charge is 2.13. The lowest BCUT2D eigenvalue weighted by atomic mass is 10.0. The van der Waals surface area contributed by atoms with Crippen molar-refractivity contribution in [3.8, 4) is 5.75 Å². The predicted octanol–water partition coefficient (Wildman–Crippen LogP) is 2.78. The summed E-state index contributed by atoms with van der Waals surface area (Å²) in [5.74, 6) is 0.267. The van der Waals surface area contributed by atoms with Crippen molar-refractivity contribution in [1.82, 2.24) is 5.01 Å². The molecule has 3 rings (SSSR count). The Kier molecular flexibility index (Phi) is 3.19. The summed E-state index contributed by atoms with van der Waals surface area (Å²) in [7, 11) is 0. The molecule has 2 aromatic carbocycles. The van der Waals surface area contributed by atoms with E-state index in [1.807, 2.05) is 23.2 Å². The topological polar surface area (TPSA) is 35.8 Å². The average Bonchev–Trinajstić information content (AvgIpc) is 2.46. The molecule has 0 aromatic heterocycles. The molecule has 0 atom stereocenters. The monoisotopic (exact) mass is 252 g/mol. The number of para-hydroxylation sites is 1. The summed E-state index contributed by atoms with van der Waals surface area (Å²) >= 11 is 0. The van der Waals surface area contributed by atoms with Gasteiger partial charge in [-0.05, 0) is 29.7 Å². The largest absolute Gasteiger partial charge is 0.507 e. The number of rotatable bonds is 2. The fourth-order valence-electron chi connectivity index (χ4n) is 2.32. The van der Waals surface area contributed by atoms with Crippen LogP contribution in [-0.4, -0.2) is 22.9 Å². The van der Waals surface area contributed by atoms with Crippen LogP contribution in [0.3, 0.4) is 0 Å². The number of fused-ring (bicyclic) bond motifs is 1. The number of hydrazone groups is 1. The number of hydrogen-bond acceptors (Lipinski definition) is 3. The van der Waals surface area contributed by atoms with Gasteiger partial charge in [0.25, 0.3) is 0 Å². The molecule has 96 valence electrons. The van der Waals surface area contributed by atoms with E-state index in [9.17, 15) is 5.11 Å². The Hall–Kier alpha value is -2.29. The first-order valence-electron chi connectivity index (χ1n) is 6.46. The molecule has 0 radical (unpaired) electrons. The summed E-state index contributed by atoms with van der Waals surface area (Å²) in [6.45, 7) is 1.75. The molecule has 0 unspecified atom stereocenters. The summed E-state index contributed by atoms with van der Waals surface area (Å²) in [5, 5.41) is 16.2. The molecule has 1 aliphatic heterocycles. The first kappa shape index (κ1) is 11.8. The van der Waals surface area contributed by atoms with Gasteiger partial charge >= 0.3 is 0 Å². The van der Waals surface area contributed by atoms with Crippen LogP contribution in [0.25, 0.3) is 0 Å². The Morgan fingerprint density at radius 1 is 1.00 bits per heavy atom. The van der Waals surface area contributed by atoms with Gasteiger partial charge in [-0.1, -0.05) is 36.4 Å². The van der Waals surface area contributed by atoms with Crippen LogP contribution in [0.4, 0.5) is 0 Å². The highest BCUT2D eigenvalue weighted by atomic mass is 16.3. The predicted molar refractivity (Wildman–Crippen MR) is 76.3 cm³/mol. The zero-order chi connectivity index (χ0) is 13.1. The van der Waals surface area contributed by atoms with Gasteiger partial charge in [-0.3, -0.25) is 5.01 Å². The number of benzene rings is 2. The Morgan fingerprint density at radius 2 is 1.74 bits per heavy atom. The van der Waals surface area contributed by atoms with Crippen molar-refractivity contribution >= 4 is 6.21 Å². The normalized spacial score (nSPS) is 14.6. The summed E-state index contributed by atoms with van der Waals surface area (Å²) in [6, 6.07) is 15.7. The number of phenolic OH excluding ortho intramolecular Hbond substituents is 1. The maximum absolute atomic E-state index is 9.69. The van der Waals surface area contributed by atoms with Crippen molar-refractivity contribution in [1.29, 1.82) is 0 Å².